The van der Waals surface area contributed by atoms with Crippen molar-refractivity contribution < 1.29 is 9.84 Å². The van der Waals surface area contributed by atoms with Crippen molar-refractivity contribution in [2.45, 2.75) is 26.9 Å². The maximum Gasteiger partial charge on any atom is 0.347 e. The van der Waals surface area contributed by atoms with Gasteiger partial charge in [0.25, 0.3) is 5.56 Å². The fourth-order valence-corrected chi connectivity index (χ4v) is 3.41. The molecule has 0 aliphatic rings. The highest BCUT2D eigenvalue weighted by Gasteiger charge is 2.20. The summed E-state index contributed by atoms with van der Waals surface area (Å²) in [5.41, 5.74) is -1.15. The molecule has 0 fully saturated rings. The summed E-state index contributed by atoms with van der Waals surface area (Å²) in [5, 5.41) is 10.1. The summed E-state index contributed by atoms with van der Waals surface area (Å²) in [7, 11) is 1.39. The highest BCUT2D eigenvalue weighted by Crippen LogP contribution is 2.38. The average Bonchev–Trinajstić information content (AvgIpc) is 2.63. The van der Waals surface area contributed by atoms with E-state index in [4.69, 9.17) is 4.74 Å². The number of methoxy groups -OCH3 is 1. The lowest BCUT2D eigenvalue weighted by Crippen LogP contribution is -2.41. The van der Waals surface area contributed by atoms with E-state index in [1.165, 1.54) is 17.7 Å². The number of nitrogens with zero attached hydrogens (tertiary/aromatic N) is 3. The normalized spacial score (nSPS) is 11.1. The molecule has 27 heavy (non-hydrogen) atoms. The van der Waals surface area contributed by atoms with Crippen LogP contribution < -0.4 is 21.7 Å². The number of phenolic OH excluding ortho intramolecular Hbond substituents is 1. The van der Waals surface area contributed by atoms with E-state index in [0.29, 0.717) is 10.0 Å². The van der Waals surface area contributed by atoms with Crippen LogP contribution in [0.4, 0.5) is 0 Å². The van der Waals surface area contributed by atoms with Crippen LogP contribution in [0.3, 0.4) is 0 Å². The van der Waals surface area contributed by atoms with Gasteiger partial charge in [-0.05, 0) is 41.9 Å². The van der Waals surface area contributed by atoms with Gasteiger partial charge in [-0.15, -0.1) is 0 Å². The molecule has 0 amide bonds. The molecule has 0 aliphatic carbocycles. The highest BCUT2D eigenvalue weighted by atomic mass is 79.9. The number of ether oxygens (including phenoxy) is 1. The second-order valence-corrected chi connectivity index (χ2v) is 6.56. The van der Waals surface area contributed by atoms with E-state index >= 15 is 0 Å². The van der Waals surface area contributed by atoms with Gasteiger partial charge in [-0.25, -0.2) is 9.59 Å². The Morgan fingerprint density at radius 2 is 1.85 bits per heavy atom. The number of hydrogen-bond donors (Lipinski definition) is 2. The third-order valence-electron chi connectivity index (χ3n) is 4.26. The summed E-state index contributed by atoms with van der Waals surface area (Å²) in [6, 6.07) is 3.03. The van der Waals surface area contributed by atoms with Crippen molar-refractivity contribution in [2.75, 3.05) is 7.11 Å². The van der Waals surface area contributed by atoms with Crippen molar-refractivity contribution in [2.24, 2.45) is 0 Å². The van der Waals surface area contributed by atoms with Gasteiger partial charge < -0.3 is 14.8 Å². The Labute approximate surface area is 161 Å². The second kappa shape index (κ2) is 7.03. The van der Waals surface area contributed by atoms with E-state index in [0.717, 1.165) is 4.57 Å². The summed E-state index contributed by atoms with van der Waals surface area (Å²) in [5.74, 6) is 0.0446. The molecule has 142 valence electrons. The fraction of sp³-hybridized carbons (Fsp3) is 0.294. The first-order valence-electron chi connectivity index (χ1n) is 8.18. The minimum Gasteiger partial charge on any atom is -0.503 e. The van der Waals surface area contributed by atoms with Crippen LogP contribution in [-0.2, 0) is 13.1 Å². The van der Waals surface area contributed by atoms with E-state index in [2.05, 4.69) is 25.9 Å². The van der Waals surface area contributed by atoms with Crippen LogP contribution in [0.5, 0.6) is 11.5 Å². The number of aromatic amines is 1. The number of aromatic hydroxyl groups is 1. The first-order chi connectivity index (χ1) is 12.8. The third-order valence-corrected chi connectivity index (χ3v) is 4.86. The molecule has 2 aromatic heterocycles. The van der Waals surface area contributed by atoms with Gasteiger partial charge in [0.2, 0.25) is 0 Å². The Morgan fingerprint density at radius 3 is 2.44 bits per heavy atom. The minimum atomic E-state index is -0.698. The lowest BCUT2D eigenvalue weighted by molar-refractivity contribution is 0.372. The van der Waals surface area contributed by atoms with Gasteiger partial charge in [0, 0.05) is 18.7 Å². The molecule has 0 spiro atoms. The Bertz CT molecular complexity index is 1230. The quantitative estimate of drug-likeness (QED) is 0.638. The van der Waals surface area contributed by atoms with Crippen LogP contribution in [-0.4, -0.2) is 31.3 Å². The molecule has 2 N–H and O–H groups in total. The van der Waals surface area contributed by atoms with Crippen LogP contribution in [0.25, 0.3) is 22.3 Å². The van der Waals surface area contributed by atoms with Gasteiger partial charge in [-0.1, -0.05) is 0 Å². The molecule has 3 rings (SSSR count). The van der Waals surface area contributed by atoms with Gasteiger partial charge >= 0.3 is 11.4 Å². The monoisotopic (exact) mass is 436 g/mol. The number of fused-ring (bicyclic) bond motifs is 1. The van der Waals surface area contributed by atoms with E-state index in [1.54, 1.807) is 19.9 Å². The van der Waals surface area contributed by atoms with Crippen molar-refractivity contribution in [1.29, 1.82) is 0 Å². The van der Waals surface area contributed by atoms with Crippen LogP contribution in [0.1, 0.15) is 13.8 Å². The van der Waals surface area contributed by atoms with Crippen molar-refractivity contribution in [3.05, 3.63) is 47.9 Å². The molecule has 0 bridgehead atoms. The molecule has 0 atom stereocenters. The summed E-state index contributed by atoms with van der Waals surface area (Å²) in [6.45, 7) is 3.84. The number of aromatic nitrogens is 4. The van der Waals surface area contributed by atoms with E-state index in [9.17, 15) is 19.5 Å². The molecule has 10 heteroatoms. The van der Waals surface area contributed by atoms with Crippen LogP contribution in [0.2, 0.25) is 0 Å². The van der Waals surface area contributed by atoms with Crippen molar-refractivity contribution in [3.8, 4) is 22.8 Å². The number of halogens is 1. The first-order valence-corrected chi connectivity index (χ1v) is 8.97. The zero-order valence-corrected chi connectivity index (χ0v) is 16.5. The Balaban J connectivity index is 2.56. The number of nitrogens with one attached hydrogen (secondary N) is 1. The van der Waals surface area contributed by atoms with Crippen molar-refractivity contribution in [3.63, 3.8) is 0 Å². The van der Waals surface area contributed by atoms with Gasteiger partial charge in [0.05, 0.1) is 17.3 Å². The summed E-state index contributed by atoms with van der Waals surface area (Å²) >= 11 is 3.23. The maximum absolute atomic E-state index is 13.0. The van der Waals surface area contributed by atoms with Gasteiger partial charge in [0.15, 0.2) is 17.1 Å². The number of benzene rings is 1. The van der Waals surface area contributed by atoms with E-state index < -0.39 is 16.9 Å². The Hall–Kier alpha value is -2.88. The van der Waals surface area contributed by atoms with E-state index in [1.807, 2.05) is 0 Å². The third kappa shape index (κ3) is 2.95. The van der Waals surface area contributed by atoms with Crippen LogP contribution in [0.15, 0.2) is 31.0 Å². The minimum absolute atomic E-state index is 0.0131. The number of phenols is 1. The number of aryl methyl sites for hydroxylation is 1. The number of hydrogen-bond acceptors (Lipinski definition) is 6. The zero-order chi connectivity index (χ0) is 19.9. The Morgan fingerprint density at radius 1 is 1.19 bits per heavy atom. The molecular weight excluding hydrogens is 420 g/mol. The van der Waals surface area contributed by atoms with Crippen LogP contribution >= 0.6 is 15.9 Å². The summed E-state index contributed by atoms with van der Waals surface area (Å²) in [6.07, 6.45) is 0. The largest absolute Gasteiger partial charge is 0.503 e. The molecule has 9 nitrogen and oxygen atoms in total. The topological polar surface area (TPSA) is 119 Å². The molecule has 0 radical (unpaired) electrons. The molecule has 0 saturated carbocycles. The standard InChI is InChI=1S/C17H17BrN4O5/c1-4-21-14-11(15(24)22(5-2)17(21)26)12(19-16(25)20-14)8-6-9(18)13(23)10(7-8)27-3/h6-7,23H,4-5H2,1-3H3,(H,19,20,25). The van der Waals surface area contributed by atoms with Crippen molar-refractivity contribution >= 4 is 27.0 Å². The lowest BCUT2D eigenvalue weighted by Gasteiger charge is -2.14. The van der Waals surface area contributed by atoms with Gasteiger partial charge in [-0.3, -0.25) is 13.9 Å². The van der Waals surface area contributed by atoms with E-state index in [-0.39, 0.29) is 41.3 Å². The lowest BCUT2D eigenvalue weighted by atomic mass is 10.1. The molecule has 0 unspecified atom stereocenters. The predicted octanol–water partition coefficient (Wildman–Crippen LogP) is 1.43. The summed E-state index contributed by atoms with van der Waals surface area (Å²) in [4.78, 5) is 44.1. The summed E-state index contributed by atoms with van der Waals surface area (Å²) < 4.78 is 7.83. The SMILES string of the molecule is CCn1c(=O)c2c(-c3cc(Br)c(O)c(OC)c3)[nH]c(=O)nc2n(CC)c1=O. The number of H-pyrrole nitrogens is 1. The zero-order valence-electron chi connectivity index (χ0n) is 14.9. The molecule has 0 saturated heterocycles. The molecule has 1 aromatic carbocycles. The average molecular weight is 437 g/mol. The smallest absolute Gasteiger partial charge is 0.347 e. The van der Waals surface area contributed by atoms with Crippen molar-refractivity contribution in [1.82, 2.24) is 19.1 Å². The molecular formula is C17H17BrN4O5. The molecule has 0 aliphatic heterocycles. The molecule has 2 heterocycles. The highest BCUT2D eigenvalue weighted by molar-refractivity contribution is 9.10. The fourth-order valence-electron chi connectivity index (χ4n) is 2.97. The van der Waals surface area contributed by atoms with Gasteiger partial charge in [0.1, 0.15) is 5.39 Å². The maximum atomic E-state index is 13.0. The molecule has 3 aromatic rings. The van der Waals surface area contributed by atoms with Crippen LogP contribution in [0, 0.1) is 0 Å². The number of rotatable bonds is 4. The predicted molar refractivity (Wildman–Crippen MR) is 104 cm³/mol. The Kier molecular flexibility index (Phi) is 4.92. The van der Waals surface area contributed by atoms with Gasteiger partial charge in [-0.2, -0.15) is 4.98 Å². The first kappa shape index (κ1) is 18.9. The second-order valence-electron chi connectivity index (χ2n) is 5.70.